The molecule has 2 N–H and O–H groups in total. The van der Waals surface area contributed by atoms with Crippen LogP contribution in [0.4, 0.5) is 0 Å². The quantitative estimate of drug-likeness (QED) is 0.756. The second kappa shape index (κ2) is 8.45. The van der Waals surface area contributed by atoms with Crippen LogP contribution in [0.5, 0.6) is 0 Å². The molecule has 0 aliphatic carbocycles. The van der Waals surface area contributed by atoms with E-state index in [1.54, 1.807) is 0 Å². The van der Waals surface area contributed by atoms with Crippen molar-refractivity contribution < 1.29 is 9.59 Å². The predicted molar refractivity (Wildman–Crippen MR) is 85.1 cm³/mol. The van der Waals surface area contributed by atoms with E-state index in [0.29, 0.717) is 19.5 Å². The van der Waals surface area contributed by atoms with Crippen LogP contribution in [0.3, 0.4) is 0 Å². The molecule has 0 radical (unpaired) electrons. The largest absolute Gasteiger partial charge is 0.354 e. The standard InChI is InChI=1S/C17H26N2O2/c1-12(2)17(21)19-10-9-18-16(20)8-7-15-6-5-13(3)11-14(15)4/h5-6,11-12H,7-10H2,1-4H3,(H,18,20)(H,19,21). The lowest BCUT2D eigenvalue weighted by Crippen LogP contribution is -2.36. The van der Waals surface area contributed by atoms with Crippen LogP contribution in [0.2, 0.25) is 0 Å². The van der Waals surface area contributed by atoms with E-state index in [0.717, 1.165) is 6.42 Å². The molecule has 0 aliphatic heterocycles. The Morgan fingerprint density at radius 3 is 2.38 bits per heavy atom. The first-order chi connectivity index (χ1) is 9.90. The molecule has 0 aromatic heterocycles. The van der Waals surface area contributed by atoms with Crippen LogP contribution in [-0.2, 0) is 16.0 Å². The van der Waals surface area contributed by atoms with Crippen molar-refractivity contribution in [3.05, 3.63) is 34.9 Å². The number of aryl methyl sites for hydroxylation is 3. The molecule has 4 nitrogen and oxygen atoms in total. The lowest BCUT2D eigenvalue weighted by atomic mass is 10.0. The van der Waals surface area contributed by atoms with Crippen molar-refractivity contribution >= 4 is 11.8 Å². The van der Waals surface area contributed by atoms with Gasteiger partial charge in [-0.2, -0.15) is 0 Å². The topological polar surface area (TPSA) is 58.2 Å². The molecule has 1 rings (SSSR count). The molecule has 0 saturated heterocycles. The van der Waals surface area contributed by atoms with Gasteiger partial charge in [0.15, 0.2) is 0 Å². The first-order valence-corrected chi connectivity index (χ1v) is 7.50. The van der Waals surface area contributed by atoms with E-state index in [4.69, 9.17) is 0 Å². The fourth-order valence-corrected chi connectivity index (χ4v) is 2.05. The van der Waals surface area contributed by atoms with Crippen LogP contribution in [0.1, 0.15) is 37.0 Å². The highest BCUT2D eigenvalue weighted by molar-refractivity contribution is 5.78. The summed E-state index contributed by atoms with van der Waals surface area (Å²) in [5.41, 5.74) is 3.68. The summed E-state index contributed by atoms with van der Waals surface area (Å²) in [6.45, 7) is 8.78. The Morgan fingerprint density at radius 1 is 1.10 bits per heavy atom. The second-order valence-electron chi connectivity index (χ2n) is 5.73. The van der Waals surface area contributed by atoms with Crippen molar-refractivity contribution in [1.82, 2.24) is 10.6 Å². The molecular weight excluding hydrogens is 264 g/mol. The Balaban J connectivity index is 2.24. The smallest absolute Gasteiger partial charge is 0.222 e. The number of nitrogens with one attached hydrogen (secondary N) is 2. The number of carbonyl (C=O) groups is 2. The van der Waals surface area contributed by atoms with E-state index in [-0.39, 0.29) is 17.7 Å². The summed E-state index contributed by atoms with van der Waals surface area (Å²) in [5.74, 6) is 0.0125. The minimum absolute atomic E-state index is 0.0135. The SMILES string of the molecule is Cc1ccc(CCC(=O)NCCNC(=O)C(C)C)c(C)c1. The van der Waals surface area contributed by atoms with Gasteiger partial charge in [-0.1, -0.05) is 37.6 Å². The van der Waals surface area contributed by atoms with Gasteiger partial charge in [0, 0.05) is 25.4 Å². The number of carbonyl (C=O) groups excluding carboxylic acids is 2. The normalized spacial score (nSPS) is 10.5. The van der Waals surface area contributed by atoms with E-state index in [1.165, 1.54) is 16.7 Å². The van der Waals surface area contributed by atoms with Crippen LogP contribution >= 0.6 is 0 Å². The Hall–Kier alpha value is -1.84. The third-order valence-electron chi connectivity index (χ3n) is 3.39. The molecular formula is C17H26N2O2. The molecule has 1 aromatic carbocycles. The van der Waals surface area contributed by atoms with Crippen molar-refractivity contribution in [1.29, 1.82) is 0 Å². The van der Waals surface area contributed by atoms with Gasteiger partial charge in [-0.15, -0.1) is 0 Å². The van der Waals surface area contributed by atoms with E-state index in [1.807, 2.05) is 13.8 Å². The highest BCUT2D eigenvalue weighted by Crippen LogP contribution is 2.12. The monoisotopic (exact) mass is 290 g/mol. The van der Waals surface area contributed by atoms with Gasteiger partial charge in [0.2, 0.25) is 11.8 Å². The molecule has 0 bridgehead atoms. The molecule has 0 spiro atoms. The lowest BCUT2D eigenvalue weighted by Gasteiger charge is -2.09. The van der Waals surface area contributed by atoms with Crippen molar-refractivity contribution in [3.63, 3.8) is 0 Å². The van der Waals surface area contributed by atoms with Crippen molar-refractivity contribution in [2.75, 3.05) is 13.1 Å². The van der Waals surface area contributed by atoms with E-state index < -0.39 is 0 Å². The summed E-state index contributed by atoms with van der Waals surface area (Å²) in [7, 11) is 0. The Bertz CT molecular complexity index is 496. The van der Waals surface area contributed by atoms with E-state index >= 15 is 0 Å². The van der Waals surface area contributed by atoms with Gasteiger partial charge in [-0.3, -0.25) is 9.59 Å². The number of hydrogen-bond donors (Lipinski definition) is 2. The predicted octanol–water partition coefficient (Wildman–Crippen LogP) is 2.12. The van der Waals surface area contributed by atoms with Crippen LogP contribution in [0, 0.1) is 19.8 Å². The molecule has 2 amide bonds. The van der Waals surface area contributed by atoms with Gasteiger partial charge < -0.3 is 10.6 Å². The van der Waals surface area contributed by atoms with Gasteiger partial charge in [0.1, 0.15) is 0 Å². The summed E-state index contributed by atoms with van der Waals surface area (Å²) in [6, 6.07) is 6.29. The Morgan fingerprint density at radius 2 is 1.76 bits per heavy atom. The second-order valence-corrected chi connectivity index (χ2v) is 5.73. The molecule has 0 heterocycles. The maximum absolute atomic E-state index is 11.7. The maximum atomic E-state index is 11.7. The molecule has 0 aliphatic rings. The summed E-state index contributed by atoms with van der Waals surface area (Å²) in [4.78, 5) is 23.1. The van der Waals surface area contributed by atoms with Crippen LogP contribution in [0.15, 0.2) is 18.2 Å². The number of amides is 2. The third kappa shape index (κ3) is 6.43. The van der Waals surface area contributed by atoms with E-state index in [9.17, 15) is 9.59 Å². The lowest BCUT2D eigenvalue weighted by molar-refractivity contribution is -0.124. The maximum Gasteiger partial charge on any atom is 0.222 e. The van der Waals surface area contributed by atoms with Crippen LogP contribution in [0.25, 0.3) is 0 Å². The van der Waals surface area contributed by atoms with Crippen molar-refractivity contribution in [3.8, 4) is 0 Å². The molecule has 0 unspecified atom stereocenters. The first kappa shape index (κ1) is 17.2. The van der Waals surface area contributed by atoms with Gasteiger partial charge >= 0.3 is 0 Å². The summed E-state index contributed by atoms with van der Waals surface area (Å²) >= 11 is 0. The summed E-state index contributed by atoms with van der Waals surface area (Å²) in [6.07, 6.45) is 1.22. The highest BCUT2D eigenvalue weighted by atomic mass is 16.2. The van der Waals surface area contributed by atoms with Gasteiger partial charge in [0.05, 0.1) is 0 Å². The average Bonchev–Trinajstić information content (AvgIpc) is 2.42. The van der Waals surface area contributed by atoms with Crippen LogP contribution < -0.4 is 10.6 Å². The summed E-state index contributed by atoms with van der Waals surface area (Å²) in [5, 5.41) is 5.60. The molecule has 1 aromatic rings. The van der Waals surface area contributed by atoms with Gasteiger partial charge in [-0.25, -0.2) is 0 Å². The zero-order valence-corrected chi connectivity index (χ0v) is 13.5. The fourth-order valence-electron chi connectivity index (χ4n) is 2.05. The molecule has 4 heteroatoms. The van der Waals surface area contributed by atoms with Crippen LogP contribution in [-0.4, -0.2) is 24.9 Å². The average molecular weight is 290 g/mol. The zero-order chi connectivity index (χ0) is 15.8. The van der Waals surface area contributed by atoms with Crippen molar-refractivity contribution in [2.45, 2.75) is 40.5 Å². The molecule has 0 fully saturated rings. The molecule has 0 saturated carbocycles. The minimum Gasteiger partial charge on any atom is -0.354 e. The third-order valence-corrected chi connectivity index (χ3v) is 3.39. The van der Waals surface area contributed by atoms with Crippen molar-refractivity contribution in [2.24, 2.45) is 5.92 Å². The number of rotatable bonds is 7. The summed E-state index contributed by atoms with van der Waals surface area (Å²) < 4.78 is 0. The Labute approximate surface area is 127 Å². The first-order valence-electron chi connectivity index (χ1n) is 7.50. The molecule has 0 atom stereocenters. The number of benzene rings is 1. The van der Waals surface area contributed by atoms with Gasteiger partial charge in [-0.05, 0) is 31.4 Å². The Kier molecular flexibility index (Phi) is 6.92. The van der Waals surface area contributed by atoms with Gasteiger partial charge in [0.25, 0.3) is 0 Å². The molecule has 21 heavy (non-hydrogen) atoms. The number of hydrogen-bond acceptors (Lipinski definition) is 2. The zero-order valence-electron chi connectivity index (χ0n) is 13.5. The van der Waals surface area contributed by atoms with E-state index in [2.05, 4.69) is 42.7 Å². The molecule has 116 valence electrons. The highest BCUT2D eigenvalue weighted by Gasteiger charge is 2.06. The minimum atomic E-state index is -0.0229. The fraction of sp³-hybridized carbons (Fsp3) is 0.529.